The Morgan fingerprint density at radius 3 is 2.47 bits per heavy atom. The summed E-state index contributed by atoms with van der Waals surface area (Å²) in [4.78, 5) is 2.55. The largest absolute Gasteiger partial charge is 0.314 e. The molecule has 2 atom stereocenters. The number of hydrogen-bond acceptors (Lipinski definition) is 3. The third kappa shape index (κ3) is 6.68. The summed E-state index contributed by atoms with van der Waals surface area (Å²) in [5.74, 6) is 1.28. The Hall–Kier alpha value is 0.270. The van der Waals surface area contributed by atoms with Crippen molar-refractivity contribution in [3.8, 4) is 0 Å². The van der Waals surface area contributed by atoms with Crippen molar-refractivity contribution in [3.63, 3.8) is 0 Å². The van der Waals surface area contributed by atoms with Crippen molar-refractivity contribution in [3.05, 3.63) is 0 Å². The van der Waals surface area contributed by atoms with E-state index in [0.29, 0.717) is 12.1 Å². The van der Waals surface area contributed by atoms with E-state index >= 15 is 0 Å². The summed E-state index contributed by atoms with van der Waals surface area (Å²) in [6.45, 7) is 5.93. The molecule has 0 aromatic rings. The van der Waals surface area contributed by atoms with Gasteiger partial charge in [-0.3, -0.25) is 0 Å². The van der Waals surface area contributed by atoms with Crippen LogP contribution in [-0.4, -0.2) is 48.6 Å². The lowest BCUT2D eigenvalue weighted by Gasteiger charge is -2.31. The Kier molecular flexibility index (Phi) is 7.56. The summed E-state index contributed by atoms with van der Waals surface area (Å²) in [7, 11) is 2.28. The summed E-state index contributed by atoms with van der Waals surface area (Å²) < 4.78 is 0. The predicted octanol–water partition coefficient (Wildman–Crippen LogP) is 2.98. The average molecular weight is 258 g/mol. The van der Waals surface area contributed by atoms with E-state index in [1.807, 2.05) is 11.8 Å². The summed E-state index contributed by atoms with van der Waals surface area (Å²) in [5, 5.41) is 3.59. The normalized spacial score (nSPS) is 19.6. The summed E-state index contributed by atoms with van der Waals surface area (Å²) >= 11 is 1.95. The number of rotatable bonds is 10. The summed E-state index contributed by atoms with van der Waals surface area (Å²) in [6.07, 6.45) is 8.95. The zero-order chi connectivity index (χ0) is 12.7. The van der Waals surface area contributed by atoms with Crippen molar-refractivity contribution in [1.82, 2.24) is 10.2 Å². The molecule has 0 radical (unpaired) electrons. The molecular formula is C14H30N2S. The second-order valence-corrected chi connectivity index (χ2v) is 6.50. The minimum atomic E-state index is 0.716. The maximum absolute atomic E-state index is 3.59. The molecule has 1 aliphatic rings. The van der Waals surface area contributed by atoms with Crippen LogP contribution in [0.25, 0.3) is 0 Å². The molecule has 1 fully saturated rings. The van der Waals surface area contributed by atoms with Gasteiger partial charge in [0.1, 0.15) is 0 Å². The molecule has 0 aliphatic heterocycles. The molecule has 0 saturated heterocycles. The molecule has 1 aliphatic carbocycles. The summed E-state index contributed by atoms with van der Waals surface area (Å²) in [5.41, 5.74) is 0. The molecular weight excluding hydrogens is 228 g/mol. The van der Waals surface area contributed by atoms with Crippen LogP contribution in [0.15, 0.2) is 0 Å². The first-order chi connectivity index (χ1) is 8.15. The molecule has 102 valence electrons. The first-order valence-corrected chi connectivity index (χ1v) is 8.48. The van der Waals surface area contributed by atoms with E-state index in [1.165, 1.54) is 44.4 Å². The highest BCUT2D eigenvalue weighted by molar-refractivity contribution is 7.98. The van der Waals surface area contributed by atoms with Crippen LogP contribution in [0.4, 0.5) is 0 Å². The molecule has 3 heteroatoms. The number of thioether (sulfide) groups is 1. The summed E-state index contributed by atoms with van der Waals surface area (Å²) in [6, 6.07) is 2.30. The molecule has 0 heterocycles. The fraction of sp³-hybridized carbons (Fsp3) is 1.00. The molecule has 1 N–H and O–H groups in total. The zero-order valence-corrected chi connectivity index (χ0v) is 12.9. The minimum Gasteiger partial charge on any atom is -0.314 e. The zero-order valence-electron chi connectivity index (χ0n) is 12.0. The topological polar surface area (TPSA) is 15.3 Å². The fourth-order valence-corrected chi connectivity index (χ4v) is 2.70. The van der Waals surface area contributed by atoms with E-state index in [2.05, 4.69) is 37.4 Å². The fourth-order valence-electron chi connectivity index (χ4n) is 2.12. The first-order valence-electron chi connectivity index (χ1n) is 7.09. The molecule has 17 heavy (non-hydrogen) atoms. The molecule has 1 saturated carbocycles. The van der Waals surface area contributed by atoms with Crippen molar-refractivity contribution >= 4 is 11.8 Å². The third-order valence-corrected chi connectivity index (χ3v) is 4.58. The van der Waals surface area contributed by atoms with Crippen LogP contribution in [0.1, 0.15) is 46.0 Å². The smallest absolute Gasteiger partial charge is 0.00745 e. The number of nitrogens with zero attached hydrogens (tertiary/aromatic N) is 1. The molecule has 0 aromatic carbocycles. The SMILES string of the molecule is CSCCC(C)N(C)C(C)CCCNC1CC1. The van der Waals surface area contributed by atoms with Crippen LogP contribution in [0.2, 0.25) is 0 Å². The third-order valence-electron chi connectivity index (χ3n) is 3.94. The number of nitrogens with one attached hydrogen (secondary N) is 1. The van der Waals surface area contributed by atoms with E-state index in [0.717, 1.165) is 6.04 Å². The van der Waals surface area contributed by atoms with E-state index in [4.69, 9.17) is 0 Å². The van der Waals surface area contributed by atoms with Crippen molar-refractivity contribution in [2.24, 2.45) is 0 Å². The van der Waals surface area contributed by atoms with E-state index in [-0.39, 0.29) is 0 Å². The van der Waals surface area contributed by atoms with Crippen LogP contribution in [-0.2, 0) is 0 Å². The van der Waals surface area contributed by atoms with Crippen LogP contribution in [0, 0.1) is 0 Å². The van der Waals surface area contributed by atoms with Gasteiger partial charge in [-0.15, -0.1) is 0 Å². The van der Waals surface area contributed by atoms with Gasteiger partial charge in [0.15, 0.2) is 0 Å². The van der Waals surface area contributed by atoms with Crippen LogP contribution in [0.3, 0.4) is 0 Å². The first kappa shape index (κ1) is 15.3. The van der Waals surface area contributed by atoms with Gasteiger partial charge in [0.05, 0.1) is 0 Å². The van der Waals surface area contributed by atoms with E-state index in [1.54, 1.807) is 0 Å². The van der Waals surface area contributed by atoms with Gasteiger partial charge in [-0.1, -0.05) is 0 Å². The molecule has 0 spiro atoms. The predicted molar refractivity (Wildman–Crippen MR) is 79.9 cm³/mol. The van der Waals surface area contributed by atoms with E-state index in [9.17, 15) is 0 Å². The Balaban J connectivity index is 2.04. The monoisotopic (exact) mass is 258 g/mol. The van der Waals surface area contributed by atoms with E-state index < -0.39 is 0 Å². The van der Waals surface area contributed by atoms with Gasteiger partial charge in [0.2, 0.25) is 0 Å². The van der Waals surface area contributed by atoms with Crippen LogP contribution >= 0.6 is 11.8 Å². The minimum absolute atomic E-state index is 0.716. The molecule has 0 aromatic heterocycles. The molecule has 2 unspecified atom stereocenters. The highest BCUT2D eigenvalue weighted by Crippen LogP contribution is 2.18. The highest BCUT2D eigenvalue weighted by atomic mass is 32.2. The maximum atomic E-state index is 3.59. The average Bonchev–Trinajstić information content (AvgIpc) is 3.14. The standard InChI is InChI=1S/C14H30N2S/c1-12(6-5-10-15-14-7-8-14)16(3)13(2)9-11-17-4/h12-15H,5-11H2,1-4H3. The Morgan fingerprint density at radius 2 is 1.88 bits per heavy atom. The van der Waals surface area contributed by atoms with Crippen molar-refractivity contribution in [1.29, 1.82) is 0 Å². The quantitative estimate of drug-likeness (QED) is 0.607. The van der Waals surface area contributed by atoms with Crippen molar-refractivity contribution in [2.75, 3.05) is 25.6 Å². The molecule has 1 rings (SSSR count). The Labute approximate surface area is 112 Å². The van der Waals surface area contributed by atoms with Crippen LogP contribution < -0.4 is 5.32 Å². The van der Waals surface area contributed by atoms with Gasteiger partial charge in [0.25, 0.3) is 0 Å². The Morgan fingerprint density at radius 1 is 1.24 bits per heavy atom. The van der Waals surface area contributed by atoms with Gasteiger partial charge in [-0.2, -0.15) is 11.8 Å². The number of hydrogen-bond donors (Lipinski definition) is 1. The second kappa shape index (κ2) is 8.39. The van der Waals surface area contributed by atoms with Gasteiger partial charge < -0.3 is 10.2 Å². The molecule has 2 nitrogen and oxygen atoms in total. The van der Waals surface area contributed by atoms with Gasteiger partial charge in [-0.25, -0.2) is 0 Å². The van der Waals surface area contributed by atoms with Gasteiger partial charge in [-0.05, 0) is 71.6 Å². The maximum Gasteiger partial charge on any atom is 0.00745 e. The lowest BCUT2D eigenvalue weighted by molar-refractivity contribution is 0.182. The second-order valence-electron chi connectivity index (χ2n) is 5.52. The lowest BCUT2D eigenvalue weighted by Crippen LogP contribution is -2.37. The van der Waals surface area contributed by atoms with Crippen molar-refractivity contribution < 1.29 is 0 Å². The Bertz CT molecular complexity index is 195. The lowest BCUT2D eigenvalue weighted by atomic mass is 10.1. The van der Waals surface area contributed by atoms with Gasteiger partial charge >= 0.3 is 0 Å². The van der Waals surface area contributed by atoms with Crippen LogP contribution in [0.5, 0.6) is 0 Å². The molecule has 0 bridgehead atoms. The van der Waals surface area contributed by atoms with Gasteiger partial charge in [0, 0.05) is 18.1 Å². The van der Waals surface area contributed by atoms with Crippen molar-refractivity contribution in [2.45, 2.75) is 64.1 Å². The molecule has 0 amide bonds. The highest BCUT2D eigenvalue weighted by Gasteiger charge is 2.20.